The summed E-state index contributed by atoms with van der Waals surface area (Å²) in [6.45, 7) is 1.44. The monoisotopic (exact) mass is 274 g/mol. The van der Waals surface area contributed by atoms with Crippen LogP contribution >= 0.6 is 0 Å². The van der Waals surface area contributed by atoms with Crippen molar-refractivity contribution in [3.63, 3.8) is 0 Å². The van der Waals surface area contributed by atoms with E-state index < -0.39 is 0 Å². The van der Waals surface area contributed by atoms with Gasteiger partial charge < -0.3 is 4.74 Å². The number of carbonyl (C=O) groups is 1. The SMILES string of the molecule is CC(=O)Oc1cc2c(ccc3ccccc32)c2c1C=CC2. The van der Waals surface area contributed by atoms with Crippen LogP contribution in [0, 0.1) is 0 Å². The Morgan fingerprint density at radius 2 is 1.90 bits per heavy atom. The van der Waals surface area contributed by atoms with E-state index >= 15 is 0 Å². The van der Waals surface area contributed by atoms with Crippen LogP contribution in [0.4, 0.5) is 0 Å². The van der Waals surface area contributed by atoms with Gasteiger partial charge >= 0.3 is 5.97 Å². The average Bonchev–Trinajstić information content (AvgIpc) is 2.96. The molecule has 0 saturated heterocycles. The standard InChI is InChI=1S/C19H14O2/c1-12(20)21-19-11-18-14-6-3-2-5-13(14)9-10-16(18)15-7-4-8-17(15)19/h2-6,8-11H,7H2,1H3. The van der Waals surface area contributed by atoms with Crippen molar-refractivity contribution < 1.29 is 9.53 Å². The Morgan fingerprint density at radius 1 is 1.05 bits per heavy atom. The van der Waals surface area contributed by atoms with Crippen LogP contribution in [0.1, 0.15) is 18.1 Å². The first-order chi connectivity index (χ1) is 10.2. The number of carbonyl (C=O) groups excluding carboxylic acids is 1. The van der Waals surface area contributed by atoms with Gasteiger partial charge in [-0.3, -0.25) is 4.79 Å². The normalized spacial score (nSPS) is 12.8. The summed E-state index contributed by atoms with van der Waals surface area (Å²) in [6, 6.07) is 14.6. The quantitative estimate of drug-likeness (QED) is 0.371. The molecule has 1 aliphatic rings. The topological polar surface area (TPSA) is 26.3 Å². The maximum Gasteiger partial charge on any atom is 0.308 e. The van der Waals surface area contributed by atoms with Gasteiger partial charge in [0.15, 0.2) is 0 Å². The molecule has 0 saturated carbocycles. The summed E-state index contributed by atoms with van der Waals surface area (Å²) >= 11 is 0. The first kappa shape index (κ1) is 12.2. The molecule has 2 nitrogen and oxygen atoms in total. The van der Waals surface area contributed by atoms with Crippen molar-refractivity contribution in [1.82, 2.24) is 0 Å². The van der Waals surface area contributed by atoms with Gasteiger partial charge in [-0.05, 0) is 39.6 Å². The fraction of sp³-hybridized carbons (Fsp3) is 0.105. The second kappa shape index (κ2) is 4.45. The molecule has 2 heteroatoms. The van der Waals surface area contributed by atoms with Crippen molar-refractivity contribution in [2.24, 2.45) is 0 Å². The summed E-state index contributed by atoms with van der Waals surface area (Å²) in [5, 5.41) is 4.78. The molecule has 0 aromatic heterocycles. The molecule has 0 bridgehead atoms. The molecule has 0 unspecified atom stereocenters. The number of benzene rings is 3. The minimum atomic E-state index is -0.280. The lowest BCUT2D eigenvalue weighted by Crippen LogP contribution is -2.03. The van der Waals surface area contributed by atoms with Crippen LogP contribution in [0.15, 0.2) is 48.5 Å². The number of esters is 1. The number of hydrogen-bond acceptors (Lipinski definition) is 2. The van der Waals surface area contributed by atoms with Crippen LogP contribution in [0.3, 0.4) is 0 Å². The molecule has 4 rings (SSSR count). The number of hydrogen-bond donors (Lipinski definition) is 0. The molecule has 3 aromatic rings. The molecular weight excluding hydrogens is 260 g/mol. The zero-order valence-electron chi connectivity index (χ0n) is 11.7. The molecule has 1 aliphatic carbocycles. The Hall–Kier alpha value is -2.61. The second-order valence-electron chi connectivity index (χ2n) is 5.35. The predicted molar refractivity (Wildman–Crippen MR) is 85.5 cm³/mol. The van der Waals surface area contributed by atoms with E-state index in [9.17, 15) is 4.79 Å². The van der Waals surface area contributed by atoms with E-state index in [1.165, 1.54) is 28.6 Å². The highest BCUT2D eigenvalue weighted by molar-refractivity contribution is 6.10. The fourth-order valence-corrected chi connectivity index (χ4v) is 3.15. The molecule has 0 amide bonds. The van der Waals surface area contributed by atoms with Crippen LogP contribution in [0.5, 0.6) is 5.75 Å². The number of rotatable bonds is 1. The van der Waals surface area contributed by atoms with E-state index in [0.29, 0.717) is 5.75 Å². The van der Waals surface area contributed by atoms with Gasteiger partial charge in [-0.1, -0.05) is 48.6 Å². The molecule has 3 aromatic carbocycles. The van der Waals surface area contributed by atoms with Crippen molar-refractivity contribution in [2.45, 2.75) is 13.3 Å². The molecule has 0 atom stereocenters. The number of ether oxygens (including phenoxy) is 1. The van der Waals surface area contributed by atoms with Crippen molar-refractivity contribution in [3.8, 4) is 5.75 Å². The summed E-state index contributed by atoms with van der Waals surface area (Å²) < 4.78 is 5.42. The predicted octanol–water partition coefficient (Wildman–Crippen LogP) is 4.49. The van der Waals surface area contributed by atoms with Crippen molar-refractivity contribution >= 4 is 33.6 Å². The van der Waals surface area contributed by atoms with E-state index in [1.54, 1.807) is 0 Å². The third-order valence-electron chi connectivity index (χ3n) is 4.02. The molecule has 0 heterocycles. The lowest BCUT2D eigenvalue weighted by Gasteiger charge is -2.13. The largest absolute Gasteiger partial charge is 0.426 e. The summed E-state index contributed by atoms with van der Waals surface area (Å²) in [6.07, 6.45) is 5.05. The summed E-state index contributed by atoms with van der Waals surface area (Å²) in [7, 11) is 0. The zero-order valence-corrected chi connectivity index (χ0v) is 11.7. The highest BCUT2D eigenvalue weighted by Gasteiger charge is 2.17. The molecule has 21 heavy (non-hydrogen) atoms. The minimum absolute atomic E-state index is 0.280. The number of fused-ring (bicyclic) bond motifs is 5. The second-order valence-corrected chi connectivity index (χ2v) is 5.35. The highest BCUT2D eigenvalue weighted by Crippen LogP contribution is 2.38. The number of allylic oxidation sites excluding steroid dienone is 1. The van der Waals surface area contributed by atoms with Gasteiger partial charge in [0.05, 0.1) is 0 Å². The molecule has 0 fully saturated rings. The van der Waals surface area contributed by atoms with Crippen LogP contribution in [0.2, 0.25) is 0 Å². The van der Waals surface area contributed by atoms with Gasteiger partial charge in [0.25, 0.3) is 0 Å². The van der Waals surface area contributed by atoms with Crippen LogP contribution in [0.25, 0.3) is 27.6 Å². The van der Waals surface area contributed by atoms with Gasteiger partial charge in [0, 0.05) is 12.5 Å². The van der Waals surface area contributed by atoms with Gasteiger partial charge in [-0.2, -0.15) is 0 Å². The Kier molecular flexibility index (Phi) is 2.58. The van der Waals surface area contributed by atoms with E-state index in [2.05, 4.69) is 30.3 Å². The van der Waals surface area contributed by atoms with Gasteiger partial charge in [-0.15, -0.1) is 0 Å². The summed E-state index contributed by atoms with van der Waals surface area (Å²) in [5.41, 5.74) is 2.28. The Morgan fingerprint density at radius 3 is 2.76 bits per heavy atom. The Balaban J connectivity index is 2.12. The molecule has 0 N–H and O–H groups in total. The molecule has 0 radical (unpaired) electrons. The molecular formula is C19H14O2. The van der Waals surface area contributed by atoms with Crippen molar-refractivity contribution in [2.75, 3.05) is 0 Å². The first-order valence-electron chi connectivity index (χ1n) is 7.06. The smallest absolute Gasteiger partial charge is 0.308 e. The van der Waals surface area contributed by atoms with E-state index in [-0.39, 0.29) is 5.97 Å². The van der Waals surface area contributed by atoms with Gasteiger partial charge in [0.2, 0.25) is 0 Å². The fourth-order valence-electron chi connectivity index (χ4n) is 3.15. The van der Waals surface area contributed by atoms with E-state index in [0.717, 1.165) is 17.4 Å². The van der Waals surface area contributed by atoms with Crippen molar-refractivity contribution in [1.29, 1.82) is 0 Å². The summed E-state index contributed by atoms with van der Waals surface area (Å²) in [4.78, 5) is 11.4. The van der Waals surface area contributed by atoms with Crippen molar-refractivity contribution in [3.05, 3.63) is 59.7 Å². The average molecular weight is 274 g/mol. The van der Waals surface area contributed by atoms with E-state index in [4.69, 9.17) is 4.74 Å². The third-order valence-corrected chi connectivity index (χ3v) is 4.02. The Labute approximate surface area is 122 Å². The van der Waals surface area contributed by atoms with Gasteiger partial charge in [0.1, 0.15) is 5.75 Å². The third kappa shape index (κ3) is 1.83. The maximum absolute atomic E-state index is 11.4. The van der Waals surface area contributed by atoms with Crippen LogP contribution in [-0.2, 0) is 11.2 Å². The van der Waals surface area contributed by atoms with Gasteiger partial charge in [-0.25, -0.2) is 0 Å². The first-order valence-corrected chi connectivity index (χ1v) is 7.06. The Bertz CT molecular complexity index is 920. The lowest BCUT2D eigenvalue weighted by molar-refractivity contribution is -0.131. The molecule has 0 spiro atoms. The van der Waals surface area contributed by atoms with E-state index in [1.807, 2.05) is 24.3 Å². The molecule has 0 aliphatic heterocycles. The maximum atomic E-state index is 11.4. The van der Waals surface area contributed by atoms with Crippen LogP contribution in [-0.4, -0.2) is 5.97 Å². The lowest BCUT2D eigenvalue weighted by atomic mass is 9.95. The minimum Gasteiger partial charge on any atom is -0.426 e. The van der Waals surface area contributed by atoms with Crippen LogP contribution < -0.4 is 4.74 Å². The zero-order chi connectivity index (χ0) is 14.4. The summed E-state index contributed by atoms with van der Waals surface area (Å²) in [5.74, 6) is 0.382. The highest BCUT2D eigenvalue weighted by atomic mass is 16.5. The molecule has 102 valence electrons.